The smallest absolute Gasteiger partial charge is 0.278 e. The second-order valence-corrected chi connectivity index (χ2v) is 13.1. The summed E-state index contributed by atoms with van der Waals surface area (Å²) in [7, 11) is -4.21. The molecule has 5 rings (SSSR count). The van der Waals surface area contributed by atoms with E-state index in [-0.39, 0.29) is 17.1 Å². The van der Waals surface area contributed by atoms with Gasteiger partial charge in [-0.05, 0) is 51.8 Å². The number of carbonyl (C=O) groups excluding carboxylic acids is 1. The van der Waals surface area contributed by atoms with E-state index in [1.807, 2.05) is 30.3 Å². The molecule has 1 unspecified atom stereocenters. The van der Waals surface area contributed by atoms with Crippen LogP contribution in [0.25, 0.3) is 11.3 Å². The van der Waals surface area contributed by atoms with Crippen LogP contribution in [0.2, 0.25) is 5.02 Å². The fourth-order valence-electron chi connectivity index (χ4n) is 4.12. The molecule has 7 nitrogen and oxygen atoms in total. The SMILES string of the molecule is O=C(c1ccc(Br)c(Cl)c1)N1CCS(=O)(=O)C(F)(c2ncc(Cc3ccccc3-c3cccnn3)s2)C1. The van der Waals surface area contributed by atoms with Crippen LogP contribution >= 0.6 is 38.9 Å². The van der Waals surface area contributed by atoms with Crippen LogP contribution < -0.4 is 0 Å². The quantitative estimate of drug-likeness (QED) is 0.300. The third kappa shape index (κ3) is 5.05. The summed E-state index contributed by atoms with van der Waals surface area (Å²) in [6.45, 7) is -0.769. The second-order valence-electron chi connectivity index (χ2n) is 8.48. The van der Waals surface area contributed by atoms with Crippen molar-refractivity contribution in [3.8, 4) is 11.3 Å². The van der Waals surface area contributed by atoms with Gasteiger partial charge in [-0.1, -0.05) is 35.9 Å². The van der Waals surface area contributed by atoms with Crippen LogP contribution in [0.1, 0.15) is 25.8 Å². The summed E-state index contributed by atoms with van der Waals surface area (Å²) in [6.07, 6.45) is 3.48. The van der Waals surface area contributed by atoms with E-state index in [2.05, 4.69) is 31.1 Å². The van der Waals surface area contributed by atoms with Gasteiger partial charge in [0.25, 0.3) is 10.9 Å². The molecule has 37 heavy (non-hydrogen) atoms. The lowest BCUT2D eigenvalue weighted by Gasteiger charge is -2.35. The summed E-state index contributed by atoms with van der Waals surface area (Å²) in [6, 6.07) is 15.9. The van der Waals surface area contributed by atoms with Gasteiger partial charge in [0.15, 0.2) is 9.84 Å². The molecule has 1 atom stereocenters. The maximum Gasteiger partial charge on any atom is 0.278 e. The Bertz CT molecular complexity index is 1590. The molecule has 0 radical (unpaired) electrons. The highest BCUT2D eigenvalue weighted by atomic mass is 79.9. The largest absolute Gasteiger partial charge is 0.333 e. The van der Waals surface area contributed by atoms with Gasteiger partial charge in [0, 0.05) is 45.8 Å². The Hall–Kier alpha value is -2.73. The van der Waals surface area contributed by atoms with Crippen molar-refractivity contribution >= 4 is 54.6 Å². The second kappa shape index (κ2) is 10.2. The van der Waals surface area contributed by atoms with E-state index in [9.17, 15) is 13.2 Å². The molecule has 0 aliphatic carbocycles. The van der Waals surface area contributed by atoms with Crippen LogP contribution in [-0.4, -0.2) is 53.2 Å². The Balaban J connectivity index is 1.42. The van der Waals surface area contributed by atoms with Gasteiger partial charge >= 0.3 is 0 Å². The summed E-state index contributed by atoms with van der Waals surface area (Å²) in [5, 5.41) is 5.43. The van der Waals surface area contributed by atoms with Crippen molar-refractivity contribution in [2.24, 2.45) is 0 Å². The Labute approximate surface area is 230 Å². The van der Waals surface area contributed by atoms with E-state index < -0.39 is 33.0 Å². The predicted molar refractivity (Wildman–Crippen MR) is 144 cm³/mol. The van der Waals surface area contributed by atoms with Crippen molar-refractivity contribution in [2.75, 3.05) is 18.8 Å². The molecule has 2 aromatic carbocycles. The van der Waals surface area contributed by atoms with Gasteiger partial charge in [-0.2, -0.15) is 10.2 Å². The molecule has 0 N–H and O–H groups in total. The highest BCUT2D eigenvalue weighted by Gasteiger charge is 2.53. The van der Waals surface area contributed by atoms with Crippen LogP contribution in [0, 0.1) is 0 Å². The number of amides is 1. The number of sulfone groups is 1. The Morgan fingerprint density at radius 1 is 1.19 bits per heavy atom. The minimum absolute atomic E-state index is 0.121. The standard InChI is InChI=1S/C25H19BrClFN4O3S2/c26-20-8-7-17(13-21(20)27)23(33)32-10-11-37(34,35)25(28,15-32)24-29-14-18(36-24)12-16-4-1-2-5-19(16)22-6-3-9-30-31-22/h1-9,13-14H,10-12,15H2. The number of carbonyl (C=O) groups is 1. The van der Waals surface area contributed by atoms with Crippen LogP contribution in [0.3, 0.4) is 0 Å². The first-order valence-corrected chi connectivity index (χ1v) is 14.8. The number of rotatable bonds is 5. The zero-order valence-electron chi connectivity index (χ0n) is 19.1. The van der Waals surface area contributed by atoms with Crippen LogP contribution in [0.15, 0.2) is 71.5 Å². The van der Waals surface area contributed by atoms with E-state index in [1.165, 1.54) is 17.2 Å². The van der Waals surface area contributed by atoms with E-state index in [0.717, 1.165) is 22.5 Å². The normalized spacial score (nSPS) is 19.1. The molecule has 1 aliphatic rings. The van der Waals surface area contributed by atoms with E-state index >= 15 is 4.39 Å². The number of hydrogen-bond donors (Lipinski definition) is 0. The summed E-state index contributed by atoms with van der Waals surface area (Å²) >= 11 is 10.4. The lowest BCUT2D eigenvalue weighted by molar-refractivity contribution is 0.0666. The fourth-order valence-corrected chi connectivity index (χ4v) is 7.41. The molecule has 1 aliphatic heterocycles. The first-order chi connectivity index (χ1) is 17.7. The molecule has 1 saturated heterocycles. The first-order valence-electron chi connectivity index (χ1n) is 11.1. The van der Waals surface area contributed by atoms with Crippen molar-refractivity contribution in [1.82, 2.24) is 20.1 Å². The third-order valence-corrected chi connectivity index (χ3v) is 10.6. The van der Waals surface area contributed by atoms with Gasteiger partial charge < -0.3 is 4.90 Å². The van der Waals surface area contributed by atoms with Crippen molar-refractivity contribution in [3.05, 3.63) is 97.5 Å². The minimum atomic E-state index is -4.21. The topological polar surface area (TPSA) is 93.1 Å². The predicted octanol–water partition coefficient (Wildman–Crippen LogP) is 5.30. The Kier molecular flexibility index (Phi) is 7.14. The zero-order valence-corrected chi connectivity index (χ0v) is 23.1. The Morgan fingerprint density at radius 3 is 2.76 bits per heavy atom. The summed E-state index contributed by atoms with van der Waals surface area (Å²) in [4.78, 5) is 19.1. The lowest BCUT2D eigenvalue weighted by atomic mass is 10.0. The van der Waals surface area contributed by atoms with Gasteiger partial charge in [0.05, 0.1) is 23.0 Å². The lowest BCUT2D eigenvalue weighted by Crippen LogP contribution is -2.53. The molecule has 0 bridgehead atoms. The average Bonchev–Trinajstić information content (AvgIpc) is 3.37. The number of nitrogens with zero attached hydrogens (tertiary/aromatic N) is 4. The summed E-state index contributed by atoms with van der Waals surface area (Å²) < 4.78 is 42.8. The number of halogens is 3. The average molecular weight is 622 g/mol. The maximum atomic E-state index is 16.4. The monoisotopic (exact) mass is 620 g/mol. The summed E-state index contributed by atoms with van der Waals surface area (Å²) in [5.41, 5.74) is 2.73. The first kappa shape index (κ1) is 25.9. The molecule has 190 valence electrons. The fraction of sp³-hybridized carbons (Fsp3) is 0.200. The number of aromatic nitrogens is 3. The molecule has 4 aromatic rings. The molecule has 0 spiro atoms. The van der Waals surface area contributed by atoms with Crippen LogP contribution in [-0.2, 0) is 21.3 Å². The van der Waals surface area contributed by atoms with Crippen LogP contribution in [0.4, 0.5) is 4.39 Å². The zero-order chi connectivity index (χ0) is 26.2. The number of thiazole rings is 1. The number of alkyl halides is 1. The van der Waals surface area contributed by atoms with Gasteiger partial charge in [-0.3, -0.25) is 4.79 Å². The third-order valence-electron chi connectivity index (χ3n) is 6.07. The van der Waals surface area contributed by atoms with E-state index in [0.29, 0.717) is 26.5 Å². The van der Waals surface area contributed by atoms with Crippen molar-refractivity contribution < 1.29 is 17.6 Å². The van der Waals surface area contributed by atoms with Gasteiger partial charge in [0.1, 0.15) is 5.01 Å². The summed E-state index contributed by atoms with van der Waals surface area (Å²) in [5.74, 6) is -1.01. The minimum Gasteiger partial charge on any atom is -0.333 e. The van der Waals surface area contributed by atoms with E-state index in [4.69, 9.17) is 11.6 Å². The van der Waals surface area contributed by atoms with Crippen LogP contribution in [0.5, 0.6) is 0 Å². The molecule has 2 aromatic heterocycles. The van der Waals surface area contributed by atoms with Gasteiger partial charge in [-0.15, -0.1) is 11.3 Å². The highest BCUT2D eigenvalue weighted by Crippen LogP contribution is 2.40. The maximum absolute atomic E-state index is 16.4. The van der Waals surface area contributed by atoms with Crippen molar-refractivity contribution in [3.63, 3.8) is 0 Å². The molecule has 1 amide bonds. The number of hydrogen-bond acceptors (Lipinski definition) is 7. The molecule has 0 saturated carbocycles. The number of benzene rings is 2. The highest BCUT2D eigenvalue weighted by molar-refractivity contribution is 9.10. The molecular formula is C25H19BrClFN4O3S2. The Morgan fingerprint density at radius 2 is 2.00 bits per heavy atom. The van der Waals surface area contributed by atoms with E-state index in [1.54, 1.807) is 24.4 Å². The molecular weight excluding hydrogens is 603 g/mol. The molecule has 12 heteroatoms. The van der Waals surface area contributed by atoms with Crippen molar-refractivity contribution in [1.29, 1.82) is 0 Å². The molecule has 3 heterocycles. The van der Waals surface area contributed by atoms with Gasteiger partial charge in [0.2, 0.25) is 0 Å². The van der Waals surface area contributed by atoms with Gasteiger partial charge in [-0.25, -0.2) is 17.8 Å². The van der Waals surface area contributed by atoms with Crippen molar-refractivity contribution in [2.45, 2.75) is 11.4 Å². The molecule has 1 fully saturated rings.